The second-order valence-electron chi connectivity index (χ2n) is 12.2. The van der Waals surface area contributed by atoms with E-state index >= 15 is 0 Å². The second kappa shape index (κ2) is 18.9. The van der Waals surface area contributed by atoms with E-state index in [2.05, 4.69) is 5.32 Å². The molecular formula is C29H53N5O9. The number of aliphatic carboxylic acids is 3. The molecule has 0 aromatic heterocycles. The number of carboxylic acid groups (broad SMARTS) is 3. The Hall–Kier alpha value is -2.65. The van der Waals surface area contributed by atoms with Gasteiger partial charge in [-0.2, -0.15) is 0 Å². The van der Waals surface area contributed by atoms with Crippen LogP contribution in [0, 0.1) is 0 Å². The Bertz CT molecular complexity index is 900. The van der Waals surface area contributed by atoms with Gasteiger partial charge < -0.3 is 25.4 Å². The Balaban J connectivity index is 2.90. The lowest BCUT2D eigenvalue weighted by Crippen LogP contribution is -2.52. The smallest absolute Gasteiger partial charge is 0.317 e. The van der Waals surface area contributed by atoms with E-state index in [4.69, 9.17) is 4.74 Å². The van der Waals surface area contributed by atoms with Crippen molar-refractivity contribution >= 4 is 29.6 Å². The van der Waals surface area contributed by atoms with Crippen LogP contribution in [-0.2, 0) is 28.7 Å². The molecule has 1 aliphatic rings. The highest BCUT2D eigenvalue weighted by Crippen LogP contribution is 2.22. The summed E-state index contributed by atoms with van der Waals surface area (Å²) in [4.78, 5) is 66.4. The fourth-order valence-corrected chi connectivity index (χ4v) is 4.84. The zero-order valence-corrected chi connectivity index (χ0v) is 26.6. The summed E-state index contributed by atoms with van der Waals surface area (Å²) in [5.74, 6) is -3.10. The maximum absolute atomic E-state index is 13.2. The summed E-state index contributed by atoms with van der Waals surface area (Å²) < 4.78 is 6.09. The van der Waals surface area contributed by atoms with Gasteiger partial charge in [-0.05, 0) is 33.6 Å². The number of hydrogen-bond acceptors (Lipinski definition) is 10. The van der Waals surface area contributed by atoms with Crippen molar-refractivity contribution in [3.05, 3.63) is 0 Å². The Morgan fingerprint density at radius 2 is 1.05 bits per heavy atom. The Morgan fingerprint density at radius 3 is 1.37 bits per heavy atom. The third-order valence-electron chi connectivity index (χ3n) is 7.74. The van der Waals surface area contributed by atoms with E-state index in [1.165, 1.54) is 0 Å². The lowest BCUT2D eigenvalue weighted by Gasteiger charge is -2.34. The van der Waals surface area contributed by atoms with Crippen molar-refractivity contribution in [3.63, 3.8) is 0 Å². The van der Waals surface area contributed by atoms with Gasteiger partial charge in [0.25, 0.3) is 0 Å². The molecule has 1 heterocycles. The lowest BCUT2D eigenvalue weighted by atomic mass is 9.94. The van der Waals surface area contributed by atoms with Crippen LogP contribution in [0.2, 0.25) is 0 Å². The summed E-state index contributed by atoms with van der Waals surface area (Å²) in [6.45, 7) is 11.9. The van der Waals surface area contributed by atoms with Crippen LogP contribution in [0.4, 0.5) is 0 Å². The number of hydrogen-bond donors (Lipinski definition) is 4. The molecule has 1 unspecified atom stereocenters. The third-order valence-corrected chi connectivity index (χ3v) is 7.74. The van der Waals surface area contributed by atoms with Crippen molar-refractivity contribution in [1.82, 2.24) is 24.9 Å². The highest BCUT2D eigenvalue weighted by molar-refractivity contribution is 5.79. The molecule has 0 aromatic carbocycles. The number of carboxylic acids is 3. The van der Waals surface area contributed by atoms with Crippen molar-refractivity contribution in [3.8, 4) is 0 Å². The van der Waals surface area contributed by atoms with Crippen molar-refractivity contribution in [2.24, 2.45) is 0 Å². The van der Waals surface area contributed by atoms with E-state index in [-0.39, 0.29) is 37.9 Å². The molecular weight excluding hydrogens is 562 g/mol. The van der Waals surface area contributed by atoms with Crippen molar-refractivity contribution in [2.75, 3.05) is 85.1 Å². The van der Waals surface area contributed by atoms with Gasteiger partial charge in [0.05, 0.1) is 31.8 Å². The summed E-state index contributed by atoms with van der Waals surface area (Å²) >= 11 is 0. The minimum atomic E-state index is -1.01. The van der Waals surface area contributed by atoms with E-state index in [9.17, 15) is 39.3 Å². The Morgan fingerprint density at radius 1 is 0.674 bits per heavy atom. The fraction of sp³-hybridized carbons (Fsp3) is 0.828. The zero-order valence-electron chi connectivity index (χ0n) is 26.6. The average molecular weight is 616 g/mol. The second-order valence-corrected chi connectivity index (χ2v) is 12.2. The molecule has 0 saturated carbocycles. The monoisotopic (exact) mass is 615 g/mol. The largest absolute Gasteiger partial charge is 0.480 e. The molecule has 1 fully saturated rings. The van der Waals surface area contributed by atoms with Crippen LogP contribution in [0.25, 0.3) is 0 Å². The molecule has 0 bridgehead atoms. The molecule has 1 rings (SSSR count). The molecule has 0 aromatic rings. The maximum atomic E-state index is 13.2. The molecule has 1 saturated heterocycles. The number of nitrogens with zero attached hydrogens (tertiary/aromatic N) is 4. The first kappa shape index (κ1) is 38.4. The first-order valence-corrected chi connectivity index (χ1v) is 15.1. The zero-order chi connectivity index (χ0) is 32.6. The maximum Gasteiger partial charge on any atom is 0.317 e. The molecule has 1 atom stereocenters. The van der Waals surface area contributed by atoms with E-state index in [0.29, 0.717) is 84.6 Å². The van der Waals surface area contributed by atoms with Crippen molar-refractivity contribution < 1.29 is 44.0 Å². The molecule has 43 heavy (non-hydrogen) atoms. The number of Topliss-reactive ketones (excluding diaryl/α,β-unsaturated/α-hetero) is 1. The van der Waals surface area contributed by atoms with Gasteiger partial charge in [0, 0.05) is 77.3 Å². The highest BCUT2D eigenvalue weighted by atomic mass is 16.5. The van der Waals surface area contributed by atoms with Gasteiger partial charge in [-0.1, -0.05) is 13.8 Å². The standard InChI is InChI=1S/C29H53N5O9/c1-6-23(35)18-29(5,7-2)43-17-8-28(3,4)30-24(36)19-31-9-11-32(20-25(37)38)13-15-34(22-27(41)42)16-14-33(12-10-31)21-26(39)40/h6-22H2,1-5H3,(H,30,36)(H,37,38)(H,39,40)(H,41,42). The molecule has 1 aliphatic heterocycles. The summed E-state index contributed by atoms with van der Waals surface area (Å²) in [6, 6.07) is 0. The predicted octanol–water partition coefficient (Wildman–Crippen LogP) is 0.301. The van der Waals surface area contributed by atoms with Crippen LogP contribution < -0.4 is 5.32 Å². The minimum Gasteiger partial charge on any atom is -0.480 e. The minimum absolute atomic E-state index is 0.0366. The van der Waals surface area contributed by atoms with Gasteiger partial charge >= 0.3 is 17.9 Å². The molecule has 14 nitrogen and oxygen atoms in total. The number of ketones is 1. The summed E-state index contributed by atoms with van der Waals surface area (Å²) in [5, 5.41) is 31.1. The topological polar surface area (TPSA) is 180 Å². The third kappa shape index (κ3) is 17.3. The van der Waals surface area contributed by atoms with E-state index in [0.717, 1.165) is 0 Å². The Labute approximate surface area is 255 Å². The van der Waals surface area contributed by atoms with Gasteiger partial charge in [-0.25, -0.2) is 0 Å². The molecule has 1 amide bonds. The summed E-state index contributed by atoms with van der Waals surface area (Å²) in [5.41, 5.74) is -1.15. The van der Waals surface area contributed by atoms with Crippen LogP contribution >= 0.6 is 0 Å². The number of rotatable bonds is 17. The molecule has 4 N–H and O–H groups in total. The van der Waals surface area contributed by atoms with Crippen LogP contribution in [0.15, 0.2) is 0 Å². The van der Waals surface area contributed by atoms with Gasteiger partial charge in [0.15, 0.2) is 0 Å². The summed E-state index contributed by atoms with van der Waals surface area (Å²) in [7, 11) is 0. The van der Waals surface area contributed by atoms with E-state index in [1.807, 2.05) is 39.5 Å². The van der Waals surface area contributed by atoms with E-state index < -0.39 is 29.0 Å². The predicted molar refractivity (Wildman–Crippen MR) is 160 cm³/mol. The number of ether oxygens (including phenoxy) is 1. The quantitative estimate of drug-likeness (QED) is 0.176. The van der Waals surface area contributed by atoms with Crippen molar-refractivity contribution in [2.45, 2.75) is 71.4 Å². The van der Waals surface area contributed by atoms with E-state index in [1.54, 1.807) is 14.7 Å². The van der Waals surface area contributed by atoms with Crippen LogP contribution in [-0.4, -0.2) is 161 Å². The van der Waals surface area contributed by atoms with Crippen molar-refractivity contribution in [1.29, 1.82) is 0 Å². The number of carbonyl (C=O) groups excluding carboxylic acids is 2. The van der Waals surface area contributed by atoms with Gasteiger partial charge in [0.1, 0.15) is 5.78 Å². The summed E-state index contributed by atoms with van der Waals surface area (Å²) in [6.07, 6.45) is 2.02. The van der Waals surface area contributed by atoms with Crippen LogP contribution in [0.5, 0.6) is 0 Å². The highest BCUT2D eigenvalue weighted by Gasteiger charge is 2.28. The molecule has 248 valence electrons. The molecule has 0 radical (unpaired) electrons. The van der Waals surface area contributed by atoms with Crippen LogP contribution in [0.3, 0.4) is 0 Å². The Kier molecular flexibility index (Phi) is 16.9. The number of amides is 1. The van der Waals surface area contributed by atoms with Gasteiger partial charge in [0.2, 0.25) is 5.91 Å². The van der Waals surface area contributed by atoms with Crippen LogP contribution in [0.1, 0.15) is 60.3 Å². The molecule has 0 spiro atoms. The fourth-order valence-electron chi connectivity index (χ4n) is 4.84. The lowest BCUT2D eigenvalue weighted by molar-refractivity contribution is -0.140. The first-order valence-electron chi connectivity index (χ1n) is 15.1. The first-order chi connectivity index (χ1) is 20.1. The average Bonchev–Trinajstić information content (AvgIpc) is 2.88. The van der Waals surface area contributed by atoms with Gasteiger partial charge in [-0.3, -0.25) is 43.6 Å². The van der Waals surface area contributed by atoms with Gasteiger partial charge in [-0.15, -0.1) is 0 Å². The molecule has 14 heteroatoms. The normalized spacial score (nSPS) is 18.6. The number of nitrogens with one attached hydrogen (secondary N) is 1. The molecule has 0 aliphatic carbocycles. The number of carbonyl (C=O) groups is 5. The SMILES string of the molecule is CCC(=O)CC(C)(CC)OCCC(C)(C)NC(=O)CN1CCN(CC(=O)O)CCN(CC(=O)O)CCN(CC(=O)O)CC1.